The standard InChI is InChI=1S/C9H19IN2O/c1-7(2)12-5-8(11)3-4-9(12)6-13-10/h7-9H,3-6,11H2,1-2H3/t8?,9-/m0/s1. The van der Waals surface area contributed by atoms with Gasteiger partial charge in [0.05, 0.1) is 6.61 Å². The smallest absolute Gasteiger partial charge is 0.109 e. The predicted molar refractivity (Wildman–Crippen MR) is 62.8 cm³/mol. The lowest BCUT2D eigenvalue weighted by Crippen LogP contribution is -2.52. The molecular weight excluding hydrogens is 279 g/mol. The van der Waals surface area contributed by atoms with Crippen LogP contribution in [0.5, 0.6) is 0 Å². The number of rotatable bonds is 3. The summed E-state index contributed by atoms with van der Waals surface area (Å²) in [5, 5.41) is 0. The fourth-order valence-electron chi connectivity index (χ4n) is 1.97. The second-order valence-corrected chi connectivity index (χ2v) is 4.68. The molecule has 1 heterocycles. The Kier molecular flexibility index (Phi) is 4.93. The maximum absolute atomic E-state index is 5.94. The maximum atomic E-state index is 5.94. The Labute approximate surface area is 94.7 Å². The minimum atomic E-state index is 0.355. The Morgan fingerprint density at radius 1 is 1.54 bits per heavy atom. The molecule has 1 aliphatic rings. The van der Waals surface area contributed by atoms with E-state index in [-0.39, 0.29) is 0 Å². The third-order valence-electron chi connectivity index (χ3n) is 2.70. The largest absolute Gasteiger partial charge is 0.327 e. The second-order valence-electron chi connectivity index (χ2n) is 4.06. The van der Waals surface area contributed by atoms with Gasteiger partial charge in [0.2, 0.25) is 0 Å². The van der Waals surface area contributed by atoms with Crippen LogP contribution in [0.15, 0.2) is 0 Å². The topological polar surface area (TPSA) is 38.5 Å². The van der Waals surface area contributed by atoms with Crippen LogP contribution in [0.4, 0.5) is 0 Å². The van der Waals surface area contributed by atoms with E-state index in [9.17, 15) is 0 Å². The molecule has 1 fully saturated rings. The van der Waals surface area contributed by atoms with Crippen molar-refractivity contribution in [2.75, 3.05) is 13.2 Å². The van der Waals surface area contributed by atoms with Gasteiger partial charge in [-0.2, -0.15) is 0 Å². The van der Waals surface area contributed by atoms with Crippen molar-refractivity contribution in [2.24, 2.45) is 5.73 Å². The van der Waals surface area contributed by atoms with E-state index in [0.29, 0.717) is 18.1 Å². The Balaban J connectivity index is 2.50. The average molecular weight is 298 g/mol. The van der Waals surface area contributed by atoms with Crippen LogP contribution < -0.4 is 5.73 Å². The summed E-state index contributed by atoms with van der Waals surface area (Å²) in [7, 11) is 0. The van der Waals surface area contributed by atoms with Gasteiger partial charge in [0.25, 0.3) is 0 Å². The highest BCUT2D eigenvalue weighted by molar-refractivity contribution is 14.1. The number of halogens is 1. The lowest BCUT2D eigenvalue weighted by atomic mass is 9.98. The van der Waals surface area contributed by atoms with E-state index in [1.165, 1.54) is 6.42 Å². The van der Waals surface area contributed by atoms with Crippen molar-refractivity contribution < 1.29 is 3.07 Å². The Bertz CT molecular complexity index is 155. The summed E-state index contributed by atoms with van der Waals surface area (Å²) >= 11 is 1.97. The van der Waals surface area contributed by atoms with Crippen molar-refractivity contribution in [3.8, 4) is 0 Å². The highest BCUT2D eigenvalue weighted by Crippen LogP contribution is 2.19. The van der Waals surface area contributed by atoms with Gasteiger partial charge in [0, 0.05) is 24.7 Å². The molecule has 0 spiro atoms. The first kappa shape index (κ1) is 11.7. The van der Waals surface area contributed by atoms with Gasteiger partial charge in [-0.15, -0.1) is 0 Å². The van der Waals surface area contributed by atoms with Gasteiger partial charge in [-0.1, -0.05) is 0 Å². The third-order valence-corrected chi connectivity index (χ3v) is 3.06. The van der Waals surface area contributed by atoms with E-state index in [4.69, 9.17) is 8.80 Å². The fourth-order valence-corrected chi connectivity index (χ4v) is 2.38. The fraction of sp³-hybridized carbons (Fsp3) is 1.00. The van der Waals surface area contributed by atoms with Crippen molar-refractivity contribution in [3.05, 3.63) is 0 Å². The molecule has 0 saturated carbocycles. The van der Waals surface area contributed by atoms with Gasteiger partial charge in [-0.3, -0.25) is 4.90 Å². The summed E-state index contributed by atoms with van der Waals surface area (Å²) in [6.45, 7) is 6.28. The van der Waals surface area contributed by atoms with Crippen molar-refractivity contribution >= 4 is 23.0 Å². The van der Waals surface area contributed by atoms with Gasteiger partial charge in [-0.05, 0) is 26.7 Å². The first-order valence-corrected chi connectivity index (χ1v) is 5.78. The summed E-state index contributed by atoms with van der Waals surface area (Å²) in [4.78, 5) is 2.45. The van der Waals surface area contributed by atoms with Gasteiger partial charge in [0.1, 0.15) is 23.0 Å². The summed E-state index contributed by atoms with van der Waals surface area (Å²) in [6, 6.07) is 1.49. The zero-order valence-corrected chi connectivity index (χ0v) is 10.5. The molecule has 2 N–H and O–H groups in total. The summed E-state index contributed by atoms with van der Waals surface area (Å²) < 4.78 is 5.18. The van der Waals surface area contributed by atoms with Crippen LogP contribution >= 0.6 is 23.0 Å². The summed E-state index contributed by atoms with van der Waals surface area (Å²) in [5.74, 6) is 0. The molecule has 0 aromatic heterocycles. The summed E-state index contributed by atoms with van der Waals surface area (Å²) in [5.41, 5.74) is 5.94. The molecule has 1 saturated heterocycles. The van der Waals surface area contributed by atoms with Crippen LogP contribution in [0.25, 0.3) is 0 Å². The molecule has 1 unspecified atom stereocenters. The molecule has 13 heavy (non-hydrogen) atoms. The van der Waals surface area contributed by atoms with Crippen molar-refractivity contribution in [2.45, 2.75) is 44.8 Å². The number of hydrogen-bond donors (Lipinski definition) is 1. The van der Waals surface area contributed by atoms with E-state index in [2.05, 4.69) is 18.7 Å². The Morgan fingerprint density at radius 3 is 2.77 bits per heavy atom. The number of likely N-dealkylation sites (tertiary alicyclic amines) is 1. The SMILES string of the molecule is CC(C)N1CC(N)CC[C@H]1COI. The van der Waals surface area contributed by atoms with Crippen molar-refractivity contribution in [1.82, 2.24) is 4.90 Å². The Hall–Kier alpha value is 0.610. The number of nitrogens with two attached hydrogens (primary N) is 1. The van der Waals surface area contributed by atoms with Crippen LogP contribution in [0, 0.1) is 0 Å². The molecule has 0 bridgehead atoms. The molecule has 0 aromatic rings. The molecule has 78 valence electrons. The van der Waals surface area contributed by atoms with E-state index in [1.807, 2.05) is 23.0 Å². The molecule has 0 amide bonds. The molecule has 1 aliphatic heterocycles. The molecule has 4 heteroatoms. The zero-order chi connectivity index (χ0) is 9.84. The molecule has 0 radical (unpaired) electrons. The quantitative estimate of drug-likeness (QED) is 0.804. The average Bonchev–Trinajstić information content (AvgIpc) is 2.08. The lowest BCUT2D eigenvalue weighted by Gasteiger charge is -2.40. The molecule has 1 rings (SSSR count). The minimum absolute atomic E-state index is 0.355. The van der Waals surface area contributed by atoms with Crippen LogP contribution in [-0.4, -0.2) is 36.2 Å². The van der Waals surface area contributed by atoms with Gasteiger partial charge in [-0.25, -0.2) is 0 Å². The minimum Gasteiger partial charge on any atom is -0.327 e. The molecule has 2 atom stereocenters. The maximum Gasteiger partial charge on any atom is 0.109 e. The van der Waals surface area contributed by atoms with Crippen molar-refractivity contribution in [3.63, 3.8) is 0 Å². The highest BCUT2D eigenvalue weighted by Gasteiger charge is 2.27. The van der Waals surface area contributed by atoms with Crippen LogP contribution in [0.2, 0.25) is 0 Å². The third kappa shape index (κ3) is 3.34. The molecule has 3 nitrogen and oxygen atoms in total. The molecular formula is C9H19IN2O. The second kappa shape index (κ2) is 5.48. The van der Waals surface area contributed by atoms with Crippen LogP contribution in [-0.2, 0) is 3.07 Å². The zero-order valence-electron chi connectivity index (χ0n) is 8.37. The van der Waals surface area contributed by atoms with Gasteiger partial charge >= 0.3 is 0 Å². The van der Waals surface area contributed by atoms with E-state index < -0.39 is 0 Å². The monoisotopic (exact) mass is 298 g/mol. The van der Waals surface area contributed by atoms with E-state index >= 15 is 0 Å². The number of piperidine rings is 1. The Morgan fingerprint density at radius 2 is 2.23 bits per heavy atom. The van der Waals surface area contributed by atoms with Gasteiger partial charge in [0.15, 0.2) is 0 Å². The number of nitrogens with zero attached hydrogens (tertiary/aromatic N) is 1. The first-order chi connectivity index (χ1) is 6.15. The summed E-state index contributed by atoms with van der Waals surface area (Å²) in [6.07, 6.45) is 2.30. The van der Waals surface area contributed by atoms with E-state index in [0.717, 1.165) is 19.6 Å². The van der Waals surface area contributed by atoms with Gasteiger partial charge < -0.3 is 8.80 Å². The van der Waals surface area contributed by atoms with E-state index in [1.54, 1.807) is 0 Å². The lowest BCUT2D eigenvalue weighted by molar-refractivity contribution is 0.0758. The van der Waals surface area contributed by atoms with Crippen LogP contribution in [0.3, 0.4) is 0 Å². The predicted octanol–water partition coefficient (Wildman–Crippen LogP) is 1.55. The highest BCUT2D eigenvalue weighted by atomic mass is 127. The first-order valence-electron chi connectivity index (χ1n) is 4.90. The normalized spacial score (nSPS) is 31.2. The number of hydrogen-bond acceptors (Lipinski definition) is 3. The van der Waals surface area contributed by atoms with Crippen molar-refractivity contribution in [1.29, 1.82) is 0 Å². The molecule has 0 aliphatic carbocycles. The molecule has 0 aromatic carbocycles. The van der Waals surface area contributed by atoms with Crippen LogP contribution in [0.1, 0.15) is 26.7 Å².